The van der Waals surface area contributed by atoms with Gasteiger partial charge < -0.3 is 0 Å². The van der Waals surface area contributed by atoms with Gasteiger partial charge in [0, 0.05) is 0 Å². The molecule has 0 unspecified atom stereocenters. The average Bonchev–Trinajstić information content (AvgIpc) is 2.82. The molecule has 2 aliphatic carbocycles. The summed E-state index contributed by atoms with van der Waals surface area (Å²) >= 11 is 0. The van der Waals surface area contributed by atoms with Gasteiger partial charge in [-0.3, -0.25) is 0 Å². The quantitative estimate of drug-likeness (QED) is 0.347. The van der Waals surface area contributed by atoms with Gasteiger partial charge in [-0.2, -0.15) is 0 Å². The molecule has 0 heterocycles. The molecule has 0 saturated heterocycles. The molecule has 0 aliphatic heterocycles. The summed E-state index contributed by atoms with van der Waals surface area (Å²) in [5.41, 5.74) is 4.26. The molecule has 34 heavy (non-hydrogen) atoms. The summed E-state index contributed by atoms with van der Waals surface area (Å²) in [6, 6.07) is 20.0. The summed E-state index contributed by atoms with van der Waals surface area (Å²) in [5.74, 6) is 0.931. The van der Waals surface area contributed by atoms with Gasteiger partial charge in [0.1, 0.15) is 0 Å². The molecular formula is C30H36FNOS. The van der Waals surface area contributed by atoms with Crippen molar-refractivity contribution in [2.45, 2.75) is 76.0 Å². The number of benzene rings is 3. The van der Waals surface area contributed by atoms with Gasteiger partial charge in [0.25, 0.3) is 0 Å². The number of halogens is 1. The number of hydrogen-bond acceptors (Lipinski definition) is 2. The van der Waals surface area contributed by atoms with E-state index in [4.69, 9.17) is 0 Å². The van der Waals surface area contributed by atoms with Crippen LogP contribution in [0.15, 0.2) is 69.9 Å². The minimum atomic E-state index is -3.95. The Balaban J connectivity index is 1.47. The van der Waals surface area contributed by atoms with Crippen molar-refractivity contribution in [1.82, 2.24) is 0 Å². The van der Waals surface area contributed by atoms with Crippen LogP contribution >= 0.6 is 0 Å². The van der Waals surface area contributed by atoms with E-state index in [1.807, 2.05) is 30.3 Å². The first-order chi connectivity index (χ1) is 16.1. The summed E-state index contributed by atoms with van der Waals surface area (Å²) in [4.78, 5) is 0.184. The van der Waals surface area contributed by atoms with Gasteiger partial charge in [0.05, 0.1) is 11.4 Å². The molecule has 2 aliphatic rings. The Morgan fingerprint density at radius 2 is 1.79 bits per heavy atom. The van der Waals surface area contributed by atoms with Crippen molar-refractivity contribution in [1.29, 1.82) is 0 Å². The van der Waals surface area contributed by atoms with E-state index in [-0.39, 0.29) is 15.7 Å². The first kappa shape index (κ1) is 23.5. The fourth-order valence-electron chi connectivity index (χ4n) is 6.82. The van der Waals surface area contributed by atoms with E-state index in [1.165, 1.54) is 16.7 Å². The average molecular weight is 478 g/mol. The van der Waals surface area contributed by atoms with Crippen LogP contribution < -0.4 is 0 Å². The highest BCUT2D eigenvalue weighted by Gasteiger charge is 2.51. The lowest BCUT2D eigenvalue weighted by atomic mass is 9.50. The normalized spacial score (nSPS) is 28.2. The van der Waals surface area contributed by atoms with E-state index in [1.54, 1.807) is 12.1 Å². The van der Waals surface area contributed by atoms with Crippen molar-refractivity contribution in [3.05, 3.63) is 77.4 Å². The topological polar surface area (TPSA) is 29.4 Å². The largest absolute Gasteiger partial charge is 0.230 e. The Morgan fingerprint density at radius 1 is 1.03 bits per heavy atom. The summed E-state index contributed by atoms with van der Waals surface area (Å²) in [5, 5.41) is 1.90. The van der Waals surface area contributed by atoms with Crippen LogP contribution in [0.1, 0.15) is 76.0 Å². The van der Waals surface area contributed by atoms with Gasteiger partial charge in [0.15, 0.2) is 0 Å². The van der Waals surface area contributed by atoms with Crippen molar-refractivity contribution >= 4 is 20.9 Å². The third-order valence-electron chi connectivity index (χ3n) is 8.77. The zero-order valence-corrected chi connectivity index (χ0v) is 21.6. The van der Waals surface area contributed by atoms with Crippen LogP contribution in [-0.4, -0.2) is 10.8 Å². The number of hydrogen-bond donors (Lipinski definition) is 0. The van der Waals surface area contributed by atoms with Crippen LogP contribution in [0.3, 0.4) is 0 Å². The zero-order chi connectivity index (χ0) is 24.1. The second-order valence-electron chi connectivity index (χ2n) is 11.3. The summed E-state index contributed by atoms with van der Waals surface area (Å²) in [7, 11) is -3.95. The molecule has 4 atom stereocenters. The van der Waals surface area contributed by atoms with Gasteiger partial charge in [-0.05, 0) is 87.9 Å². The van der Waals surface area contributed by atoms with Crippen LogP contribution in [0.4, 0.5) is 3.89 Å². The molecule has 0 amide bonds. The molecule has 1 fully saturated rings. The fraction of sp³-hybridized carbons (Fsp3) is 0.467. The molecule has 3 aromatic carbocycles. The first-order valence-electron chi connectivity index (χ1n) is 12.7. The van der Waals surface area contributed by atoms with Gasteiger partial charge >= 0.3 is 0 Å². The van der Waals surface area contributed by atoms with Crippen molar-refractivity contribution in [2.24, 2.45) is 15.7 Å². The summed E-state index contributed by atoms with van der Waals surface area (Å²) in [6.45, 7) is 9.45. The Hall–Kier alpha value is -2.20. The van der Waals surface area contributed by atoms with Crippen LogP contribution in [-0.2, 0) is 22.0 Å². The Bertz CT molecular complexity index is 1350. The van der Waals surface area contributed by atoms with E-state index in [0.717, 1.165) is 42.9 Å². The van der Waals surface area contributed by atoms with Crippen LogP contribution in [0.25, 0.3) is 10.8 Å². The maximum atomic E-state index is 15.5. The minimum absolute atomic E-state index is 0.0613. The van der Waals surface area contributed by atoms with E-state index in [0.29, 0.717) is 18.4 Å². The molecule has 0 bridgehead atoms. The molecule has 5 rings (SSSR count). The smallest absolute Gasteiger partial charge is 0.211 e. The fourth-order valence-corrected chi connectivity index (χ4v) is 7.94. The minimum Gasteiger partial charge on any atom is -0.211 e. The van der Waals surface area contributed by atoms with Crippen LogP contribution in [0, 0.1) is 11.3 Å². The Morgan fingerprint density at radius 3 is 2.56 bits per heavy atom. The lowest BCUT2D eigenvalue weighted by Gasteiger charge is -2.55. The lowest BCUT2D eigenvalue weighted by Crippen LogP contribution is -2.50. The number of rotatable bonds is 4. The van der Waals surface area contributed by atoms with Crippen LogP contribution in [0.2, 0.25) is 0 Å². The van der Waals surface area contributed by atoms with Crippen LogP contribution in [0.5, 0.6) is 0 Å². The molecule has 0 radical (unpaired) electrons. The standard InChI is InChI=1S/C30H36FNOS/c1-21(2)23-11-14-27-25(18-23)12-15-28-29(3,16-7-17-30(27,28)4)20-32-34(31,33)26-13-10-22-8-5-6-9-24(22)19-26/h5-6,8-11,13-14,18-19,21,28H,7,12,15-17,20H2,1-4H3/t28-,29-,30+,34+/m0/s1. The maximum Gasteiger partial charge on any atom is 0.230 e. The summed E-state index contributed by atoms with van der Waals surface area (Å²) in [6.07, 6.45) is 5.39. The molecular weight excluding hydrogens is 441 g/mol. The van der Waals surface area contributed by atoms with E-state index >= 15 is 3.89 Å². The predicted molar refractivity (Wildman–Crippen MR) is 140 cm³/mol. The molecule has 0 spiro atoms. The second-order valence-corrected chi connectivity index (χ2v) is 13.0. The third kappa shape index (κ3) is 3.98. The Labute approximate surface area is 204 Å². The number of fused-ring (bicyclic) bond motifs is 4. The van der Waals surface area contributed by atoms with Crippen molar-refractivity contribution in [3.63, 3.8) is 0 Å². The molecule has 3 aromatic rings. The van der Waals surface area contributed by atoms with Gasteiger partial charge in [-0.25, -0.2) is 8.57 Å². The highest BCUT2D eigenvalue weighted by molar-refractivity contribution is 7.88. The van der Waals surface area contributed by atoms with Crippen molar-refractivity contribution in [2.75, 3.05) is 6.54 Å². The maximum absolute atomic E-state index is 15.5. The van der Waals surface area contributed by atoms with E-state index in [2.05, 4.69) is 50.3 Å². The van der Waals surface area contributed by atoms with Gasteiger partial charge in [0.2, 0.25) is 10.1 Å². The molecule has 0 N–H and O–H groups in total. The molecule has 1 saturated carbocycles. The zero-order valence-electron chi connectivity index (χ0n) is 20.8. The van der Waals surface area contributed by atoms with Crippen molar-refractivity contribution < 1.29 is 8.09 Å². The molecule has 4 heteroatoms. The van der Waals surface area contributed by atoms with E-state index in [9.17, 15) is 4.21 Å². The third-order valence-corrected chi connectivity index (χ3v) is 10.1. The number of nitrogens with zero attached hydrogens (tertiary/aromatic N) is 1. The second kappa shape index (κ2) is 8.48. The monoisotopic (exact) mass is 477 g/mol. The van der Waals surface area contributed by atoms with E-state index < -0.39 is 10.1 Å². The number of aryl methyl sites for hydroxylation is 1. The molecule has 2 nitrogen and oxygen atoms in total. The predicted octanol–water partition coefficient (Wildman–Crippen LogP) is 8.39. The highest BCUT2D eigenvalue weighted by atomic mass is 32.3. The SMILES string of the molecule is CC(C)c1ccc2c(c1)CC[C@H]1[C@](C)(CN=[S@](=O)(F)c3ccc4ccccc4c3)CCC[C@]21C. The molecule has 0 aromatic heterocycles. The van der Waals surface area contributed by atoms with Gasteiger partial charge in [-0.15, -0.1) is 3.89 Å². The Kier molecular flexibility index (Phi) is 5.87. The lowest BCUT2D eigenvalue weighted by molar-refractivity contribution is 0.0332. The van der Waals surface area contributed by atoms with Gasteiger partial charge in [-0.1, -0.05) is 82.6 Å². The highest BCUT2D eigenvalue weighted by Crippen LogP contribution is 2.57. The van der Waals surface area contributed by atoms with Crippen molar-refractivity contribution in [3.8, 4) is 0 Å². The summed E-state index contributed by atoms with van der Waals surface area (Å²) < 4.78 is 32.9. The molecule has 180 valence electrons. The first-order valence-corrected chi connectivity index (χ1v) is 14.1.